The second-order valence-corrected chi connectivity index (χ2v) is 6.52. The molecule has 0 aromatic heterocycles. The quantitative estimate of drug-likeness (QED) is 0.512. The number of benzene rings is 2. The third-order valence-corrected chi connectivity index (χ3v) is 4.41. The smallest absolute Gasteiger partial charge is 0.349 e. The molecule has 1 heterocycles. The topological polar surface area (TPSA) is 71.1 Å². The molecule has 0 bridgehead atoms. The normalized spacial score (nSPS) is 15.8. The molecule has 1 saturated heterocycles. The molecular weight excluding hydrogens is 360 g/mol. The Morgan fingerprint density at radius 1 is 1.11 bits per heavy atom. The number of carbonyl (C=O) groups excluding carboxylic acids is 2. The van der Waals surface area contributed by atoms with Gasteiger partial charge < -0.3 is 18.9 Å². The van der Waals surface area contributed by atoms with Gasteiger partial charge >= 0.3 is 11.9 Å². The largest absolute Gasteiger partial charge is 0.482 e. The first kappa shape index (κ1) is 19.9. The van der Waals surface area contributed by atoms with E-state index in [-0.39, 0.29) is 25.1 Å². The van der Waals surface area contributed by atoms with Gasteiger partial charge in [-0.2, -0.15) is 0 Å². The van der Waals surface area contributed by atoms with Gasteiger partial charge in [0.2, 0.25) is 0 Å². The van der Waals surface area contributed by atoms with E-state index in [4.69, 9.17) is 18.9 Å². The Hall–Kier alpha value is -2.86. The lowest BCUT2D eigenvalue weighted by molar-refractivity contribution is -0.136. The molecule has 0 amide bonds. The van der Waals surface area contributed by atoms with Gasteiger partial charge in [0, 0.05) is 6.61 Å². The Kier molecular flexibility index (Phi) is 7.03. The zero-order chi connectivity index (χ0) is 19.8. The van der Waals surface area contributed by atoms with Crippen LogP contribution in [0.15, 0.2) is 48.5 Å². The standard InChI is InChI=1S/C22H24O6/c1-2-16-8-10-18(11-9-16)26-15-21(23)28-19-6-3-5-17(13-19)22(24)27-14-20-7-4-12-25-20/h3,5-6,8-11,13,20H,2,4,7,12,14-15H2,1H3. The summed E-state index contributed by atoms with van der Waals surface area (Å²) in [5.74, 6) is -0.160. The molecule has 148 valence electrons. The lowest BCUT2D eigenvalue weighted by Gasteiger charge is -2.11. The zero-order valence-corrected chi connectivity index (χ0v) is 15.9. The van der Waals surface area contributed by atoms with E-state index >= 15 is 0 Å². The monoisotopic (exact) mass is 384 g/mol. The van der Waals surface area contributed by atoms with Crippen molar-refractivity contribution in [1.82, 2.24) is 0 Å². The van der Waals surface area contributed by atoms with Crippen molar-refractivity contribution in [2.24, 2.45) is 0 Å². The van der Waals surface area contributed by atoms with Crippen molar-refractivity contribution in [3.05, 3.63) is 59.7 Å². The molecule has 1 aliphatic heterocycles. The van der Waals surface area contributed by atoms with Gasteiger partial charge in [-0.1, -0.05) is 25.1 Å². The van der Waals surface area contributed by atoms with Crippen molar-refractivity contribution in [3.8, 4) is 11.5 Å². The summed E-state index contributed by atoms with van der Waals surface area (Å²) >= 11 is 0. The van der Waals surface area contributed by atoms with Crippen molar-refractivity contribution in [2.75, 3.05) is 19.8 Å². The van der Waals surface area contributed by atoms with Crippen LogP contribution < -0.4 is 9.47 Å². The fourth-order valence-electron chi connectivity index (χ4n) is 2.84. The summed E-state index contributed by atoms with van der Waals surface area (Å²) < 4.78 is 21.4. The van der Waals surface area contributed by atoms with Crippen LogP contribution in [0.3, 0.4) is 0 Å². The van der Waals surface area contributed by atoms with Crippen LogP contribution in [-0.4, -0.2) is 37.9 Å². The van der Waals surface area contributed by atoms with Gasteiger partial charge in [-0.15, -0.1) is 0 Å². The van der Waals surface area contributed by atoms with Crippen molar-refractivity contribution in [2.45, 2.75) is 32.3 Å². The maximum absolute atomic E-state index is 12.2. The molecule has 1 aliphatic rings. The van der Waals surface area contributed by atoms with Gasteiger partial charge in [0.15, 0.2) is 6.61 Å². The summed E-state index contributed by atoms with van der Waals surface area (Å²) in [7, 11) is 0. The Balaban J connectivity index is 1.48. The molecule has 0 spiro atoms. The van der Waals surface area contributed by atoms with Crippen molar-refractivity contribution >= 4 is 11.9 Å². The van der Waals surface area contributed by atoms with E-state index in [1.807, 2.05) is 24.3 Å². The summed E-state index contributed by atoms with van der Waals surface area (Å²) in [4.78, 5) is 24.2. The van der Waals surface area contributed by atoms with Crippen LogP contribution in [0.1, 0.15) is 35.7 Å². The van der Waals surface area contributed by atoms with Crippen LogP contribution in [0.25, 0.3) is 0 Å². The van der Waals surface area contributed by atoms with Crippen LogP contribution in [0.4, 0.5) is 0 Å². The first-order valence-electron chi connectivity index (χ1n) is 9.45. The minimum Gasteiger partial charge on any atom is -0.482 e. The Morgan fingerprint density at radius 2 is 1.93 bits per heavy atom. The van der Waals surface area contributed by atoms with E-state index in [0.717, 1.165) is 19.3 Å². The highest BCUT2D eigenvalue weighted by Crippen LogP contribution is 2.17. The van der Waals surface area contributed by atoms with Gasteiger partial charge in [0.05, 0.1) is 11.7 Å². The summed E-state index contributed by atoms with van der Waals surface area (Å²) in [6, 6.07) is 13.9. The lowest BCUT2D eigenvalue weighted by atomic mass is 10.2. The third kappa shape index (κ3) is 5.82. The fourth-order valence-corrected chi connectivity index (χ4v) is 2.84. The number of rotatable bonds is 8. The second kappa shape index (κ2) is 9.90. The molecule has 0 aliphatic carbocycles. The predicted molar refractivity (Wildman–Crippen MR) is 103 cm³/mol. The van der Waals surface area contributed by atoms with Crippen LogP contribution >= 0.6 is 0 Å². The summed E-state index contributed by atoms with van der Waals surface area (Å²) in [5, 5.41) is 0. The molecule has 1 fully saturated rings. The van der Waals surface area contributed by atoms with E-state index < -0.39 is 11.9 Å². The maximum Gasteiger partial charge on any atom is 0.349 e. The summed E-state index contributed by atoms with van der Waals surface area (Å²) in [5.41, 5.74) is 1.51. The van der Waals surface area contributed by atoms with E-state index in [2.05, 4.69) is 6.92 Å². The number of aryl methyl sites for hydroxylation is 1. The number of esters is 2. The molecule has 3 rings (SSSR count). The molecule has 28 heavy (non-hydrogen) atoms. The van der Waals surface area contributed by atoms with E-state index in [1.165, 1.54) is 11.6 Å². The molecule has 6 nitrogen and oxygen atoms in total. The molecule has 1 unspecified atom stereocenters. The molecule has 0 radical (unpaired) electrons. The number of carbonyl (C=O) groups is 2. The first-order chi connectivity index (χ1) is 13.6. The van der Waals surface area contributed by atoms with Gasteiger partial charge in [0.1, 0.15) is 18.1 Å². The van der Waals surface area contributed by atoms with Crippen molar-refractivity contribution < 1.29 is 28.5 Å². The van der Waals surface area contributed by atoms with Gasteiger partial charge in [-0.3, -0.25) is 0 Å². The van der Waals surface area contributed by atoms with Crippen molar-refractivity contribution in [3.63, 3.8) is 0 Å². The predicted octanol–water partition coefficient (Wildman–Crippen LogP) is 3.57. The molecular formula is C22H24O6. The minimum absolute atomic E-state index is 0.0338. The second-order valence-electron chi connectivity index (χ2n) is 6.52. The average Bonchev–Trinajstić information content (AvgIpc) is 3.25. The van der Waals surface area contributed by atoms with E-state index in [0.29, 0.717) is 17.9 Å². The Labute approximate surface area is 164 Å². The molecule has 0 N–H and O–H groups in total. The summed E-state index contributed by atoms with van der Waals surface area (Å²) in [6.07, 6.45) is 2.79. The lowest BCUT2D eigenvalue weighted by Crippen LogP contribution is -2.19. The molecule has 1 atom stereocenters. The Morgan fingerprint density at radius 3 is 2.64 bits per heavy atom. The van der Waals surface area contributed by atoms with Gasteiger partial charge in [-0.05, 0) is 55.2 Å². The van der Waals surface area contributed by atoms with Gasteiger partial charge in [0.25, 0.3) is 0 Å². The molecule has 6 heteroatoms. The first-order valence-corrected chi connectivity index (χ1v) is 9.45. The van der Waals surface area contributed by atoms with Crippen molar-refractivity contribution in [1.29, 1.82) is 0 Å². The highest BCUT2D eigenvalue weighted by molar-refractivity contribution is 5.90. The van der Waals surface area contributed by atoms with E-state index in [1.54, 1.807) is 18.2 Å². The Bertz CT molecular complexity index is 793. The highest BCUT2D eigenvalue weighted by atomic mass is 16.6. The van der Waals surface area contributed by atoms with Gasteiger partial charge in [-0.25, -0.2) is 9.59 Å². The summed E-state index contributed by atoms with van der Waals surface area (Å²) in [6.45, 7) is 2.78. The average molecular weight is 384 g/mol. The molecule has 0 saturated carbocycles. The number of ether oxygens (including phenoxy) is 4. The van der Waals surface area contributed by atoms with Crippen LogP contribution in [-0.2, 0) is 20.7 Å². The molecule has 2 aromatic carbocycles. The minimum atomic E-state index is -0.551. The third-order valence-electron chi connectivity index (χ3n) is 4.41. The van der Waals surface area contributed by atoms with Crippen LogP contribution in [0.5, 0.6) is 11.5 Å². The van der Waals surface area contributed by atoms with Crippen LogP contribution in [0, 0.1) is 0 Å². The maximum atomic E-state index is 12.2. The number of hydrogen-bond donors (Lipinski definition) is 0. The van der Waals surface area contributed by atoms with Crippen LogP contribution in [0.2, 0.25) is 0 Å². The molecule has 2 aromatic rings. The zero-order valence-electron chi connectivity index (χ0n) is 15.9. The SMILES string of the molecule is CCc1ccc(OCC(=O)Oc2cccc(C(=O)OCC3CCCO3)c2)cc1. The van der Waals surface area contributed by atoms with E-state index in [9.17, 15) is 9.59 Å². The highest BCUT2D eigenvalue weighted by Gasteiger charge is 2.18. The fraction of sp³-hybridized carbons (Fsp3) is 0.364. The number of hydrogen-bond acceptors (Lipinski definition) is 6.